The average molecular weight is 202 g/mol. The van der Waals surface area contributed by atoms with Crippen molar-refractivity contribution in [3.05, 3.63) is 0 Å². The van der Waals surface area contributed by atoms with E-state index in [2.05, 4.69) is 5.32 Å². The molecule has 0 saturated carbocycles. The molecule has 0 rings (SSSR count). The normalized spacial score (nSPS) is 12.0. The fraction of sp³-hybridized carbons (Fsp3) is 0.778. The van der Waals surface area contributed by atoms with Gasteiger partial charge in [-0.1, -0.05) is 0 Å². The Morgan fingerprint density at radius 3 is 2.50 bits per heavy atom. The lowest BCUT2D eigenvalue weighted by Crippen LogP contribution is -2.41. The van der Waals surface area contributed by atoms with Crippen LogP contribution in [0.2, 0.25) is 0 Å². The predicted molar refractivity (Wildman–Crippen MR) is 52.8 cm³/mol. The quantitative estimate of drug-likeness (QED) is 0.661. The molecule has 1 atom stereocenters. The van der Waals surface area contributed by atoms with Crippen molar-refractivity contribution in [1.29, 1.82) is 0 Å². The third-order valence-corrected chi connectivity index (χ3v) is 2.04. The first-order valence-corrected chi connectivity index (χ1v) is 4.57. The zero-order valence-electron chi connectivity index (χ0n) is 9.16. The number of carbonyl (C=O) groups is 2. The summed E-state index contributed by atoms with van der Waals surface area (Å²) in [6.07, 6.45) is -0.519. The Hall–Kier alpha value is -1.10. The lowest BCUT2D eigenvalue weighted by Gasteiger charge is -2.15. The van der Waals surface area contributed by atoms with Gasteiger partial charge in [-0.25, -0.2) is 0 Å². The number of nitrogens with one attached hydrogen (secondary N) is 1. The Bertz CT molecular complexity index is 184. The number of methoxy groups -OCH3 is 1. The van der Waals surface area contributed by atoms with Gasteiger partial charge in [0.1, 0.15) is 6.10 Å². The largest absolute Gasteiger partial charge is 0.372 e. The molecule has 0 saturated heterocycles. The zero-order chi connectivity index (χ0) is 11.1. The fourth-order valence-corrected chi connectivity index (χ4v) is 0.725. The van der Waals surface area contributed by atoms with Crippen LogP contribution in [-0.4, -0.2) is 50.1 Å². The van der Waals surface area contributed by atoms with Crippen molar-refractivity contribution in [1.82, 2.24) is 10.2 Å². The summed E-state index contributed by atoms with van der Waals surface area (Å²) < 4.78 is 4.79. The van der Waals surface area contributed by atoms with Crippen LogP contribution in [0.25, 0.3) is 0 Å². The lowest BCUT2D eigenvalue weighted by molar-refractivity contribution is -0.135. The molecule has 2 amide bonds. The summed E-state index contributed by atoms with van der Waals surface area (Å²) in [7, 11) is 3.14. The zero-order valence-corrected chi connectivity index (χ0v) is 9.16. The highest BCUT2D eigenvalue weighted by molar-refractivity contribution is 5.86. The van der Waals surface area contributed by atoms with Crippen molar-refractivity contribution in [2.45, 2.75) is 20.0 Å². The molecule has 14 heavy (non-hydrogen) atoms. The molecular weight excluding hydrogens is 184 g/mol. The molecule has 0 fully saturated rings. The van der Waals surface area contributed by atoms with E-state index in [1.165, 1.54) is 12.0 Å². The van der Waals surface area contributed by atoms with Crippen molar-refractivity contribution in [3.63, 3.8) is 0 Å². The summed E-state index contributed by atoms with van der Waals surface area (Å²) in [6.45, 7) is 4.16. The van der Waals surface area contributed by atoms with Crippen LogP contribution in [0.15, 0.2) is 0 Å². The van der Waals surface area contributed by atoms with Gasteiger partial charge in [-0.2, -0.15) is 0 Å². The molecule has 0 spiro atoms. The first-order valence-electron chi connectivity index (χ1n) is 4.57. The molecule has 5 heteroatoms. The maximum atomic E-state index is 11.3. The van der Waals surface area contributed by atoms with E-state index in [1.807, 2.05) is 6.92 Å². The van der Waals surface area contributed by atoms with Crippen LogP contribution in [0.5, 0.6) is 0 Å². The molecular formula is C9H18N2O3. The van der Waals surface area contributed by atoms with E-state index in [-0.39, 0.29) is 18.4 Å². The first kappa shape index (κ1) is 12.9. The number of carbonyl (C=O) groups excluding carboxylic acids is 2. The molecule has 0 radical (unpaired) electrons. The standard InChI is InChI=1S/C9H18N2O3/c1-5-11(3)8(12)6-10-9(13)7(2)14-4/h7H,5-6H2,1-4H3,(H,10,13). The SMILES string of the molecule is CCN(C)C(=O)CNC(=O)C(C)OC. The highest BCUT2D eigenvalue weighted by atomic mass is 16.5. The topological polar surface area (TPSA) is 58.6 Å². The van der Waals surface area contributed by atoms with Crippen molar-refractivity contribution >= 4 is 11.8 Å². The van der Waals surface area contributed by atoms with Crippen LogP contribution in [0, 0.1) is 0 Å². The number of hydrogen-bond acceptors (Lipinski definition) is 3. The Kier molecular flexibility index (Phi) is 5.87. The highest BCUT2D eigenvalue weighted by Crippen LogP contribution is 1.87. The average Bonchev–Trinajstić information content (AvgIpc) is 2.22. The molecule has 1 unspecified atom stereocenters. The summed E-state index contributed by atoms with van der Waals surface area (Å²) >= 11 is 0. The van der Waals surface area contributed by atoms with Crippen LogP contribution in [0.1, 0.15) is 13.8 Å². The van der Waals surface area contributed by atoms with Gasteiger partial charge in [0.05, 0.1) is 6.54 Å². The molecule has 0 aliphatic rings. The number of amides is 2. The van der Waals surface area contributed by atoms with Crippen molar-refractivity contribution in [2.24, 2.45) is 0 Å². The Balaban J connectivity index is 3.83. The second kappa shape index (κ2) is 6.37. The van der Waals surface area contributed by atoms with Crippen LogP contribution in [-0.2, 0) is 14.3 Å². The van der Waals surface area contributed by atoms with E-state index >= 15 is 0 Å². The van der Waals surface area contributed by atoms with Gasteiger partial charge in [0.2, 0.25) is 11.8 Å². The van der Waals surface area contributed by atoms with E-state index in [4.69, 9.17) is 4.74 Å². The van der Waals surface area contributed by atoms with Crippen molar-refractivity contribution in [2.75, 3.05) is 27.2 Å². The molecule has 1 N–H and O–H groups in total. The van der Waals surface area contributed by atoms with Crippen LogP contribution < -0.4 is 5.32 Å². The van der Waals surface area contributed by atoms with Crippen LogP contribution in [0.3, 0.4) is 0 Å². The molecule has 0 aromatic rings. The second-order valence-corrected chi connectivity index (χ2v) is 3.00. The Morgan fingerprint density at radius 2 is 2.07 bits per heavy atom. The number of hydrogen-bond donors (Lipinski definition) is 1. The van der Waals surface area contributed by atoms with Crippen molar-refractivity contribution in [3.8, 4) is 0 Å². The monoisotopic (exact) mass is 202 g/mol. The summed E-state index contributed by atoms with van der Waals surface area (Å²) in [6, 6.07) is 0. The van der Waals surface area contributed by atoms with E-state index < -0.39 is 6.10 Å². The van der Waals surface area contributed by atoms with E-state index in [0.29, 0.717) is 6.54 Å². The van der Waals surface area contributed by atoms with E-state index in [9.17, 15) is 9.59 Å². The van der Waals surface area contributed by atoms with E-state index in [0.717, 1.165) is 0 Å². The lowest BCUT2D eigenvalue weighted by atomic mass is 10.3. The molecule has 0 bridgehead atoms. The summed E-state index contributed by atoms with van der Waals surface area (Å²) in [4.78, 5) is 24.0. The van der Waals surface area contributed by atoms with Gasteiger partial charge in [0.15, 0.2) is 0 Å². The fourth-order valence-electron chi connectivity index (χ4n) is 0.725. The van der Waals surface area contributed by atoms with Gasteiger partial charge in [-0.15, -0.1) is 0 Å². The number of rotatable bonds is 5. The number of nitrogens with zero attached hydrogens (tertiary/aromatic N) is 1. The Morgan fingerprint density at radius 1 is 1.50 bits per heavy atom. The minimum atomic E-state index is -0.519. The highest BCUT2D eigenvalue weighted by Gasteiger charge is 2.13. The van der Waals surface area contributed by atoms with Crippen molar-refractivity contribution < 1.29 is 14.3 Å². The minimum absolute atomic E-state index is 0.0247. The third kappa shape index (κ3) is 4.23. The Labute approximate surface area is 84.4 Å². The summed E-state index contributed by atoms with van der Waals surface area (Å²) in [5.41, 5.74) is 0. The predicted octanol–water partition coefficient (Wildman–Crippen LogP) is -0.384. The molecule has 0 aromatic carbocycles. The second-order valence-electron chi connectivity index (χ2n) is 3.00. The van der Waals surface area contributed by atoms with Gasteiger partial charge in [0.25, 0.3) is 0 Å². The van der Waals surface area contributed by atoms with E-state index in [1.54, 1.807) is 14.0 Å². The minimum Gasteiger partial charge on any atom is -0.372 e. The smallest absolute Gasteiger partial charge is 0.249 e. The van der Waals surface area contributed by atoms with Gasteiger partial charge in [0, 0.05) is 20.7 Å². The summed E-state index contributed by atoms with van der Waals surface area (Å²) in [5, 5.41) is 2.49. The van der Waals surface area contributed by atoms with Crippen LogP contribution >= 0.6 is 0 Å². The third-order valence-electron chi connectivity index (χ3n) is 2.04. The van der Waals surface area contributed by atoms with Gasteiger partial charge in [-0.05, 0) is 13.8 Å². The maximum Gasteiger partial charge on any atom is 0.249 e. The van der Waals surface area contributed by atoms with Gasteiger partial charge >= 0.3 is 0 Å². The number of likely N-dealkylation sites (N-methyl/N-ethyl adjacent to an activating group) is 1. The molecule has 0 aliphatic heterocycles. The summed E-state index contributed by atoms with van der Waals surface area (Å²) in [5.74, 6) is -0.380. The molecule has 0 aliphatic carbocycles. The maximum absolute atomic E-state index is 11.3. The molecule has 0 heterocycles. The number of ether oxygens (including phenoxy) is 1. The van der Waals surface area contributed by atoms with Gasteiger partial charge < -0.3 is 15.0 Å². The first-order chi connectivity index (χ1) is 6.52. The molecule has 5 nitrogen and oxygen atoms in total. The molecule has 82 valence electrons. The van der Waals surface area contributed by atoms with Gasteiger partial charge in [-0.3, -0.25) is 9.59 Å². The van der Waals surface area contributed by atoms with Crippen LogP contribution in [0.4, 0.5) is 0 Å². The molecule has 0 aromatic heterocycles.